The molecule has 0 aromatic rings. The van der Waals surface area contributed by atoms with Gasteiger partial charge in [-0.3, -0.25) is 4.90 Å². The third-order valence-corrected chi connectivity index (χ3v) is 2.81. The molecule has 2 unspecified atom stereocenters. The fourth-order valence-corrected chi connectivity index (χ4v) is 1.89. The fraction of sp³-hybridized carbons (Fsp3) is 1.00. The zero-order valence-electron chi connectivity index (χ0n) is 8.50. The van der Waals surface area contributed by atoms with Gasteiger partial charge in [0, 0.05) is 19.1 Å². The number of hydrogen-bond acceptors (Lipinski definition) is 3. The molecule has 3 nitrogen and oxygen atoms in total. The van der Waals surface area contributed by atoms with Crippen LogP contribution in [0.3, 0.4) is 0 Å². The van der Waals surface area contributed by atoms with Gasteiger partial charge in [0.05, 0.1) is 0 Å². The smallest absolute Gasteiger partial charge is 0.382 e. The monoisotopic (exact) mass is 226 g/mol. The van der Waals surface area contributed by atoms with Crippen molar-refractivity contribution in [2.45, 2.75) is 37.6 Å². The van der Waals surface area contributed by atoms with Crippen LogP contribution in [0.4, 0.5) is 13.2 Å². The van der Waals surface area contributed by atoms with Gasteiger partial charge in [-0.15, -0.1) is 0 Å². The Morgan fingerprint density at radius 1 is 1.40 bits per heavy atom. The summed E-state index contributed by atoms with van der Waals surface area (Å²) < 4.78 is 36.4. The SMILES string of the molecule is NCC1CCCCN1CC(O)C(F)(F)F. The molecule has 90 valence electrons. The van der Waals surface area contributed by atoms with Gasteiger partial charge < -0.3 is 10.8 Å². The maximum atomic E-state index is 12.1. The highest BCUT2D eigenvalue weighted by atomic mass is 19.4. The topological polar surface area (TPSA) is 49.5 Å². The Bertz CT molecular complexity index is 198. The maximum absolute atomic E-state index is 12.1. The van der Waals surface area contributed by atoms with E-state index >= 15 is 0 Å². The van der Waals surface area contributed by atoms with Crippen LogP contribution in [0.25, 0.3) is 0 Å². The highest BCUT2D eigenvalue weighted by molar-refractivity contribution is 4.81. The van der Waals surface area contributed by atoms with Crippen molar-refractivity contribution in [3.63, 3.8) is 0 Å². The number of halogens is 3. The molecule has 0 aliphatic carbocycles. The molecule has 1 aliphatic rings. The highest BCUT2D eigenvalue weighted by Crippen LogP contribution is 2.23. The second kappa shape index (κ2) is 5.14. The van der Waals surface area contributed by atoms with Gasteiger partial charge in [0.2, 0.25) is 0 Å². The van der Waals surface area contributed by atoms with Crippen LogP contribution in [0, 0.1) is 0 Å². The lowest BCUT2D eigenvalue weighted by molar-refractivity contribution is -0.210. The van der Waals surface area contributed by atoms with Crippen LogP contribution in [0.2, 0.25) is 0 Å². The molecule has 0 saturated carbocycles. The molecule has 1 fully saturated rings. The van der Waals surface area contributed by atoms with E-state index in [9.17, 15) is 13.2 Å². The van der Waals surface area contributed by atoms with Crippen molar-refractivity contribution in [3.8, 4) is 0 Å². The number of likely N-dealkylation sites (tertiary alicyclic amines) is 1. The molecule has 0 aromatic carbocycles. The van der Waals surface area contributed by atoms with E-state index in [1.165, 1.54) is 0 Å². The Labute approximate surface area is 87.0 Å². The summed E-state index contributed by atoms with van der Waals surface area (Å²) >= 11 is 0. The predicted octanol–water partition coefficient (Wildman–Crippen LogP) is 0.723. The van der Waals surface area contributed by atoms with E-state index < -0.39 is 12.3 Å². The van der Waals surface area contributed by atoms with Gasteiger partial charge in [-0.05, 0) is 19.4 Å². The number of aliphatic hydroxyl groups is 1. The van der Waals surface area contributed by atoms with Crippen molar-refractivity contribution in [1.82, 2.24) is 4.90 Å². The lowest BCUT2D eigenvalue weighted by atomic mass is 10.0. The van der Waals surface area contributed by atoms with Crippen molar-refractivity contribution in [1.29, 1.82) is 0 Å². The van der Waals surface area contributed by atoms with E-state index in [0.717, 1.165) is 19.3 Å². The van der Waals surface area contributed by atoms with Crippen molar-refractivity contribution in [2.24, 2.45) is 5.73 Å². The molecule has 15 heavy (non-hydrogen) atoms. The number of nitrogens with zero attached hydrogens (tertiary/aromatic N) is 1. The van der Waals surface area contributed by atoms with Crippen LogP contribution < -0.4 is 5.73 Å². The van der Waals surface area contributed by atoms with Gasteiger partial charge in [0.1, 0.15) is 0 Å². The van der Waals surface area contributed by atoms with Crippen LogP contribution in [0.15, 0.2) is 0 Å². The van der Waals surface area contributed by atoms with Crippen LogP contribution in [-0.4, -0.2) is 48.0 Å². The number of β-amino-alcohol motifs (C(OH)–C–C–N with tert-alkyl or cyclic N) is 1. The van der Waals surface area contributed by atoms with Gasteiger partial charge in [0.15, 0.2) is 6.10 Å². The summed E-state index contributed by atoms with van der Waals surface area (Å²) in [5, 5.41) is 8.94. The lowest BCUT2D eigenvalue weighted by Gasteiger charge is -2.36. The van der Waals surface area contributed by atoms with Crippen LogP contribution >= 0.6 is 0 Å². The molecule has 2 atom stereocenters. The van der Waals surface area contributed by atoms with Crippen molar-refractivity contribution in [3.05, 3.63) is 0 Å². The zero-order valence-corrected chi connectivity index (χ0v) is 8.50. The van der Waals surface area contributed by atoms with E-state index in [2.05, 4.69) is 0 Å². The van der Waals surface area contributed by atoms with Crippen LogP contribution in [0.5, 0.6) is 0 Å². The van der Waals surface area contributed by atoms with Crippen LogP contribution in [-0.2, 0) is 0 Å². The largest absolute Gasteiger partial charge is 0.415 e. The van der Waals surface area contributed by atoms with Gasteiger partial charge >= 0.3 is 6.18 Å². The molecule has 0 bridgehead atoms. The summed E-state index contributed by atoms with van der Waals surface area (Å²) in [5.74, 6) is 0. The van der Waals surface area contributed by atoms with Crippen molar-refractivity contribution in [2.75, 3.05) is 19.6 Å². The Balaban J connectivity index is 2.48. The van der Waals surface area contributed by atoms with E-state index in [1.54, 1.807) is 4.90 Å². The molecule has 3 N–H and O–H groups in total. The number of rotatable bonds is 3. The van der Waals surface area contributed by atoms with Gasteiger partial charge in [-0.25, -0.2) is 0 Å². The molecule has 0 radical (unpaired) electrons. The third-order valence-electron chi connectivity index (χ3n) is 2.81. The first-order chi connectivity index (χ1) is 6.95. The summed E-state index contributed by atoms with van der Waals surface area (Å²) in [6.07, 6.45) is -4.09. The molecule has 1 saturated heterocycles. The number of hydrogen-bond donors (Lipinski definition) is 2. The summed E-state index contributed by atoms with van der Waals surface area (Å²) in [4.78, 5) is 1.64. The quantitative estimate of drug-likeness (QED) is 0.745. The molecule has 0 spiro atoms. The van der Waals surface area contributed by atoms with Crippen molar-refractivity contribution >= 4 is 0 Å². The Morgan fingerprint density at radius 3 is 2.60 bits per heavy atom. The minimum Gasteiger partial charge on any atom is -0.382 e. The first-order valence-electron chi connectivity index (χ1n) is 5.14. The maximum Gasteiger partial charge on any atom is 0.415 e. The normalized spacial score (nSPS) is 26.6. The predicted molar refractivity (Wildman–Crippen MR) is 50.3 cm³/mol. The Hall–Kier alpha value is -0.330. The van der Waals surface area contributed by atoms with Crippen LogP contribution in [0.1, 0.15) is 19.3 Å². The van der Waals surface area contributed by atoms with E-state index in [0.29, 0.717) is 13.1 Å². The summed E-state index contributed by atoms with van der Waals surface area (Å²) in [6, 6.07) is -0.0178. The molecule has 1 rings (SSSR count). The Morgan fingerprint density at radius 2 is 2.07 bits per heavy atom. The zero-order chi connectivity index (χ0) is 11.5. The van der Waals surface area contributed by atoms with E-state index in [-0.39, 0.29) is 12.6 Å². The molecule has 1 heterocycles. The summed E-state index contributed by atoms with van der Waals surface area (Å²) in [5.41, 5.74) is 5.47. The first kappa shape index (κ1) is 12.7. The molecule has 1 aliphatic heterocycles. The summed E-state index contributed by atoms with van der Waals surface area (Å²) in [6.45, 7) is 0.588. The van der Waals surface area contributed by atoms with Gasteiger partial charge in [-0.2, -0.15) is 13.2 Å². The standard InChI is InChI=1S/C9H17F3N2O/c10-9(11,12)8(15)6-14-4-2-1-3-7(14)5-13/h7-8,15H,1-6,13H2. The molecule has 0 amide bonds. The molecule has 6 heteroatoms. The second-order valence-corrected chi connectivity index (χ2v) is 3.94. The van der Waals surface area contributed by atoms with E-state index in [4.69, 9.17) is 10.8 Å². The number of nitrogens with two attached hydrogens (primary N) is 1. The Kier molecular flexibility index (Phi) is 4.36. The fourth-order valence-electron chi connectivity index (χ4n) is 1.89. The minimum absolute atomic E-state index is 0.0178. The number of piperidine rings is 1. The van der Waals surface area contributed by atoms with E-state index in [1.807, 2.05) is 0 Å². The highest BCUT2D eigenvalue weighted by Gasteiger charge is 2.40. The minimum atomic E-state index is -4.53. The first-order valence-corrected chi connectivity index (χ1v) is 5.14. The summed E-state index contributed by atoms with van der Waals surface area (Å²) in [7, 11) is 0. The average molecular weight is 226 g/mol. The molecular formula is C9H17F3N2O. The third kappa shape index (κ3) is 3.62. The second-order valence-electron chi connectivity index (χ2n) is 3.94. The molecule has 0 aromatic heterocycles. The van der Waals surface area contributed by atoms with Gasteiger partial charge in [-0.1, -0.05) is 6.42 Å². The number of alkyl halides is 3. The molecular weight excluding hydrogens is 209 g/mol. The van der Waals surface area contributed by atoms with Gasteiger partial charge in [0.25, 0.3) is 0 Å². The number of aliphatic hydroxyl groups excluding tert-OH is 1. The average Bonchev–Trinajstić information content (AvgIpc) is 2.17. The lowest BCUT2D eigenvalue weighted by Crippen LogP contribution is -2.50. The van der Waals surface area contributed by atoms with Crippen molar-refractivity contribution < 1.29 is 18.3 Å².